The van der Waals surface area contributed by atoms with Gasteiger partial charge in [0.15, 0.2) is 0 Å². The molecule has 2 fully saturated rings. The van der Waals surface area contributed by atoms with Gasteiger partial charge in [0.05, 0.1) is 17.6 Å². The van der Waals surface area contributed by atoms with Crippen molar-refractivity contribution < 1.29 is 9.66 Å². The zero-order valence-electron chi connectivity index (χ0n) is 20.0. The maximum atomic E-state index is 11.0. The SMILES string of the molecule is Cc1ccc(N2CCN(C(=S)CO[C@H]3CC[C@H](Nc4ccc([N+](=O)[O-])c(C)c4)CC3)CC2)cc1. The minimum Gasteiger partial charge on any atom is -0.382 e. The lowest BCUT2D eigenvalue weighted by atomic mass is 9.92. The first-order valence-corrected chi connectivity index (χ1v) is 12.5. The van der Waals surface area contributed by atoms with Gasteiger partial charge in [-0.1, -0.05) is 29.9 Å². The first-order valence-electron chi connectivity index (χ1n) is 12.1. The molecule has 1 aliphatic carbocycles. The van der Waals surface area contributed by atoms with E-state index in [2.05, 4.69) is 46.3 Å². The standard InChI is InChI=1S/C26H34N4O3S/c1-19-3-8-23(9-4-19)28-13-15-29(16-14-28)26(34)18-33-24-10-5-21(6-11-24)27-22-7-12-25(30(31)32)20(2)17-22/h3-4,7-9,12,17,21,24,27H,5-6,10-11,13-16,18H2,1-2H3/t21-,24-. The van der Waals surface area contributed by atoms with Gasteiger partial charge in [-0.2, -0.15) is 0 Å². The van der Waals surface area contributed by atoms with E-state index in [0.29, 0.717) is 18.2 Å². The number of ether oxygens (including phenoxy) is 1. The molecule has 0 aromatic heterocycles. The zero-order chi connectivity index (χ0) is 24.1. The third-order valence-corrected chi connectivity index (χ3v) is 7.29. The maximum Gasteiger partial charge on any atom is 0.272 e. The van der Waals surface area contributed by atoms with Crippen molar-refractivity contribution in [2.45, 2.75) is 51.7 Å². The second-order valence-electron chi connectivity index (χ2n) is 9.39. The molecule has 8 heteroatoms. The summed E-state index contributed by atoms with van der Waals surface area (Å²) in [5.74, 6) is 0. The highest BCUT2D eigenvalue weighted by Crippen LogP contribution is 2.27. The van der Waals surface area contributed by atoms with Gasteiger partial charge < -0.3 is 19.9 Å². The Balaban J connectivity index is 1.16. The molecule has 0 spiro atoms. The number of nitrogens with zero attached hydrogens (tertiary/aromatic N) is 3. The van der Waals surface area contributed by atoms with Crippen molar-refractivity contribution in [3.63, 3.8) is 0 Å². The molecular weight excluding hydrogens is 448 g/mol. The molecule has 34 heavy (non-hydrogen) atoms. The lowest BCUT2D eigenvalue weighted by Crippen LogP contribution is -2.49. The summed E-state index contributed by atoms with van der Waals surface area (Å²) in [7, 11) is 0. The van der Waals surface area contributed by atoms with E-state index in [-0.39, 0.29) is 16.7 Å². The zero-order valence-corrected chi connectivity index (χ0v) is 20.9. The molecule has 0 bridgehead atoms. The van der Waals surface area contributed by atoms with Gasteiger partial charge in [0.1, 0.15) is 4.99 Å². The number of anilines is 2. The van der Waals surface area contributed by atoms with Crippen LogP contribution in [0, 0.1) is 24.0 Å². The monoisotopic (exact) mass is 482 g/mol. The number of nitro groups is 1. The van der Waals surface area contributed by atoms with Crippen LogP contribution in [0.3, 0.4) is 0 Å². The van der Waals surface area contributed by atoms with Crippen molar-refractivity contribution in [1.29, 1.82) is 0 Å². The van der Waals surface area contributed by atoms with Crippen molar-refractivity contribution in [3.05, 3.63) is 63.7 Å². The molecule has 2 aromatic carbocycles. The van der Waals surface area contributed by atoms with Gasteiger partial charge in [-0.05, 0) is 63.8 Å². The summed E-state index contributed by atoms with van der Waals surface area (Å²) in [4.78, 5) is 16.3. The average Bonchev–Trinajstić information content (AvgIpc) is 2.84. The lowest BCUT2D eigenvalue weighted by molar-refractivity contribution is -0.385. The van der Waals surface area contributed by atoms with Crippen LogP contribution in [0.4, 0.5) is 17.1 Å². The summed E-state index contributed by atoms with van der Waals surface area (Å²) < 4.78 is 6.18. The number of thiocarbonyl (C=S) groups is 1. The fourth-order valence-corrected chi connectivity index (χ4v) is 5.06. The van der Waals surface area contributed by atoms with Crippen molar-refractivity contribution in [3.8, 4) is 0 Å². The van der Waals surface area contributed by atoms with Gasteiger partial charge in [0.25, 0.3) is 5.69 Å². The smallest absolute Gasteiger partial charge is 0.272 e. The van der Waals surface area contributed by atoms with Gasteiger partial charge in [-0.25, -0.2) is 0 Å². The van der Waals surface area contributed by atoms with Crippen LogP contribution in [0.25, 0.3) is 0 Å². The van der Waals surface area contributed by atoms with Gasteiger partial charge in [-0.15, -0.1) is 0 Å². The van der Waals surface area contributed by atoms with Crippen LogP contribution in [0.15, 0.2) is 42.5 Å². The van der Waals surface area contributed by atoms with Crippen LogP contribution in [0.2, 0.25) is 0 Å². The van der Waals surface area contributed by atoms with Gasteiger partial charge in [-0.3, -0.25) is 10.1 Å². The summed E-state index contributed by atoms with van der Waals surface area (Å²) in [5.41, 5.74) is 4.35. The summed E-state index contributed by atoms with van der Waals surface area (Å²) in [5, 5.41) is 14.5. The Labute approximate surface area is 207 Å². The van der Waals surface area contributed by atoms with E-state index < -0.39 is 0 Å². The van der Waals surface area contributed by atoms with E-state index in [1.165, 1.54) is 11.3 Å². The highest BCUT2D eigenvalue weighted by Gasteiger charge is 2.24. The molecule has 1 saturated heterocycles. The highest BCUT2D eigenvalue weighted by molar-refractivity contribution is 7.80. The molecule has 0 unspecified atom stereocenters. The van der Waals surface area contributed by atoms with Crippen molar-refractivity contribution in [2.75, 3.05) is 43.0 Å². The van der Waals surface area contributed by atoms with Crippen LogP contribution < -0.4 is 10.2 Å². The predicted octanol–water partition coefficient (Wildman–Crippen LogP) is 5.10. The van der Waals surface area contributed by atoms with Gasteiger partial charge in [0.2, 0.25) is 0 Å². The fraction of sp³-hybridized carbons (Fsp3) is 0.500. The quantitative estimate of drug-likeness (QED) is 0.334. The number of nitrogens with one attached hydrogen (secondary N) is 1. The van der Waals surface area contributed by atoms with E-state index in [1.54, 1.807) is 19.1 Å². The van der Waals surface area contributed by atoms with E-state index in [9.17, 15) is 10.1 Å². The Morgan fingerprint density at radius 3 is 2.35 bits per heavy atom. The molecule has 7 nitrogen and oxygen atoms in total. The molecular formula is C26H34N4O3S. The Kier molecular flexibility index (Phi) is 8.00. The van der Waals surface area contributed by atoms with Crippen LogP contribution in [-0.2, 0) is 4.74 Å². The third kappa shape index (κ3) is 6.24. The molecule has 0 radical (unpaired) electrons. The number of nitro benzene ring substituents is 1. The number of piperazine rings is 1. The third-order valence-electron chi connectivity index (χ3n) is 6.91. The number of hydrogen-bond donors (Lipinski definition) is 1. The molecule has 1 saturated carbocycles. The van der Waals surface area contributed by atoms with Crippen LogP contribution in [-0.4, -0.2) is 59.7 Å². The number of rotatable bonds is 7. The average molecular weight is 483 g/mol. The molecule has 1 N–H and O–H groups in total. The molecule has 0 amide bonds. The summed E-state index contributed by atoms with van der Waals surface area (Å²) in [6.45, 7) is 8.22. The van der Waals surface area contributed by atoms with E-state index in [0.717, 1.165) is 62.5 Å². The first kappa shape index (κ1) is 24.4. The largest absolute Gasteiger partial charge is 0.382 e. The lowest BCUT2D eigenvalue weighted by Gasteiger charge is -2.38. The molecule has 1 heterocycles. The molecule has 2 aliphatic rings. The number of aryl methyl sites for hydroxylation is 2. The van der Waals surface area contributed by atoms with Crippen LogP contribution in [0.5, 0.6) is 0 Å². The first-order chi connectivity index (χ1) is 16.4. The normalized spacial score (nSPS) is 20.8. The second kappa shape index (κ2) is 11.1. The summed E-state index contributed by atoms with van der Waals surface area (Å²) >= 11 is 5.69. The van der Waals surface area contributed by atoms with Gasteiger partial charge >= 0.3 is 0 Å². The Hall–Kier alpha value is -2.71. The molecule has 0 atom stereocenters. The Morgan fingerprint density at radius 1 is 1.06 bits per heavy atom. The molecule has 2 aromatic rings. The minimum absolute atomic E-state index is 0.162. The molecule has 1 aliphatic heterocycles. The van der Waals surface area contributed by atoms with Crippen LogP contribution >= 0.6 is 12.2 Å². The number of hydrogen-bond acceptors (Lipinski definition) is 6. The molecule has 182 valence electrons. The highest BCUT2D eigenvalue weighted by atomic mass is 32.1. The van der Waals surface area contributed by atoms with Crippen LogP contribution in [0.1, 0.15) is 36.8 Å². The summed E-state index contributed by atoms with van der Waals surface area (Å²) in [6, 6.07) is 14.3. The van der Waals surface area contributed by atoms with E-state index in [1.807, 2.05) is 6.07 Å². The summed E-state index contributed by atoms with van der Waals surface area (Å²) in [6.07, 6.45) is 4.26. The van der Waals surface area contributed by atoms with Crippen molar-refractivity contribution in [1.82, 2.24) is 4.90 Å². The second-order valence-corrected chi connectivity index (χ2v) is 9.86. The minimum atomic E-state index is -0.337. The van der Waals surface area contributed by atoms with Gasteiger partial charge in [0, 0.05) is 55.2 Å². The molecule has 4 rings (SSSR count). The van der Waals surface area contributed by atoms with E-state index in [4.69, 9.17) is 17.0 Å². The van der Waals surface area contributed by atoms with E-state index >= 15 is 0 Å². The van der Waals surface area contributed by atoms with Crippen molar-refractivity contribution in [2.24, 2.45) is 0 Å². The topological polar surface area (TPSA) is 70.9 Å². The predicted molar refractivity (Wildman–Crippen MR) is 141 cm³/mol. The Morgan fingerprint density at radius 2 is 1.74 bits per heavy atom. The fourth-order valence-electron chi connectivity index (χ4n) is 4.81. The maximum absolute atomic E-state index is 11.0. The Bertz CT molecular complexity index is 998. The number of benzene rings is 2. The van der Waals surface area contributed by atoms with Crippen molar-refractivity contribution >= 4 is 34.3 Å².